The van der Waals surface area contributed by atoms with Gasteiger partial charge in [-0.3, -0.25) is 4.98 Å². The molecule has 2 aromatic heterocycles. The van der Waals surface area contributed by atoms with E-state index in [0.717, 1.165) is 9.92 Å². The summed E-state index contributed by atoms with van der Waals surface area (Å²) in [7, 11) is 1.86. The van der Waals surface area contributed by atoms with E-state index in [1.54, 1.807) is 24.4 Å². The smallest absolute Gasteiger partial charge is 0.379 e. The zero-order valence-corrected chi connectivity index (χ0v) is 18.3. The number of hydrogen-bond acceptors (Lipinski definition) is 4. The Morgan fingerprint density at radius 1 is 1.00 bits per heavy atom. The second-order valence-corrected chi connectivity index (χ2v) is 8.48. The molecule has 2 heterocycles. The number of hydrogen-bond donors (Lipinski definition) is 1. The van der Waals surface area contributed by atoms with Gasteiger partial charge in [-0.05, 0) is 42.0 Å². The van der Waals surface area contributed by atoms with Crippen LogP contribution in [0.3, 0.4) is 0 Å². The van der Waals surface area contributed by atoms with Crippen molar-refractivity contribution >= 4 is 23.4 Å². The lowest BCUT2D eigenvalue weighted by atomic mass is 10.1. The number of rotatable bonds is 5. The van der Waals surface area contributed by atoms with Crippen LogP contribution in [-0.4, -0.2) is 25.8 Å². The molecule has 0 aliphatic heterocycles. The molecule has 0 amide bonds. The molecule has 1 atom stereocenters. The Bertz CT molecular complexity index is 1210. The lowest BCUT2D eigenvalue weighted by Gasteiger charge is -2.15. The van der Waals surface area contributed by atoms with E-state index in [4.69, 9.17) is 16.6 Å². The fourth-order valence-electron chi connectivity index (χ4n) is 3.14. The van der Waals surface area contributed by atoms with Crippen molar-refractivity contribution in [2.75, 3.05) is 0 Å². The third kappa shape index (κ3) is 4.67. The number of alkyl halides is 3. The number of imidazole rings is 1. The number of aliphatic hydroxyl groups is 1. The Morgan fingerprint density at radius 2 is 1.69 bits per heavy atom. The zero-order chi connectivity index (χ0) is 22.9. The van der Waals surface area contributed by atoms with E-state index in [-0.39, 0.29) is 5.56 Å². The van der Waals surface area contributed by atoms with Gasteiger partial charge >= 0.3 is 6.18 Å². The molecule has 0 aliphatic carbocycles. The van der Waals surface area contributed by atoms with Crippen molar-refractivity contribution in [2.45, 2.75) is 22.2 Å². The standard InChI is InChI=1S/C23H17ClF3N3OS/c1-30-21(18-4-2-3-13-28-18)29-19(22(30)32-17-11-9-16(24)10-12-17)14-5-7-15(8-6-14)20(31)23(25,26)27/h2-13,20,31H,1H3. The molecule has 0 saturated heterocycles. The average Bonchev–Trinajstić information content (AvgIpc) is 3.11. The van der Waals surface area contributed by atoms with Gasteiger partial charge in [0.2, 0.25) is 0 Å². The molecule has 0 aliphatic rings. The Labute approximate surface area is 191 Å². The van der Waals surface area contributed by atoms with Gasteiger partial charge in [-0.15, -0.1) is 0 Å². The molecule has 0 saturated carbocycles. The first kappa shape index (κ1) is 22.4. The van der Waals surface area contributed by atoms with Gasteiger partial charge in [0, 0.05) is 28.7 Å². The molecule has 1 N–H and O–H groups in total. The fourth-order valence-corrected chi connectivity index (χ4v) is 4.24. The van der Waals surface area contributed by atoms with Crippen LogP contribution in [0.5, 0.6) is 0 Å². The third-order valence-electron chi connectivity index (χ3n) is 4.77. The Kier molecular flexibility index (Phi) is 6.28. The maximum absolute atomic E-state index is 12.9. The summed E-state index contributed by atoms with van der Waals surface area (Å²) in [5.74, 6) is 0.622. The van der Waals surface area contributed by atoms with Crippen LogP contribution in [0.1, 0.15) is 11.7 Å². The van der Waals surface area contributed by atoms with Gasteiger partial charge in [-0.25, -0.2) is 4.98 Å². The first-order valence-electron chi connectivity index (χ1n) is 9.50. The van der Waals surface area contributed by atoms with Crippen LogP contribution in [0.15, 0.2) is 82.8 Å². The number of aliphatic hydroxyl groups excluding tert-OH is 1. The Morgan fingerprint density at radius 3 is 2.28 bits per heavy atom. The summed E-state index contributed by atoms with van der Waals surface area (Å²) < 4.78 is 40.5. The molecule has 4 aromatic rings. The molecule has 0 fully saturated rings. The number of benzene rings is 2. The number of pyridine rings is 1. The van der Waals surface area contributed by atoms with Crippen molar-refractivity contribution < 1.29 is 18.3 Å². The highest BCUT2D eigenvalue weighted by Crippen LogP contribution is 2.39. The van der Waals surface area contributed by atoms with E-state index in [0.29, 0.717) is 27.8 Å². The number of halogens is 4. The van der Waals surface area contributed by atoms with E-state index < -0.39 is 12.3 Å². The van der Waals surface area contributed by atoms with Gasteiger partial charge in [0.05, 0.1) is 0 Å². The summed E-state index contributed by atoms with van der Waals surface area (Å²) in [5.41, 5.74) is 1.66. The number of aromatic nitrogens is 3. The van der Waals surface area contributed by atoms with Crippen LogP contribution in [0, 0.1) is 0 Å². The minimum atomic E-state index is -4.73. The van der Waals surface area contributed by atoms with Crippen molar-refractivity contribution in [3.63, 3.8) is 0 Å². The van der Waals surface area contributed by atoms with Gasteiger partial charge < -0.3 is 9.67 Å². The first-order valence-corrected chi connectivity index (χ1v) is 10.7. The average molecular weight is 476 g/mol. The summed E-state index contributed by atoms with van der Waals surface area (Å²) in [6, 6.07) is 18.4. The summed E-state index contributed by atoms with van der Waals surface area (Å²) in [5, 5.41) is 10.9. The zero-order valence-electron chi connectivity index (χ0n) is 16.7. The van der Waals surface area contributed by atoms with E-state index in [9.17, 15) is 18.3 Å². The molecule has 4 rings (SSSR count). The van der Waals surface area contributed by atoms with Crippen molar-refractivity contribution in [3.8, 4) is 22.8 Å². The van der Waals surface area contributed by atoms with Crippen LogP contribution < -0.4 is 0 Å². The number of nitrogens with zero attached hydrogens (tertiary/aromatic N) is 3. The molecule has 4 nitrogen and oxygen atoms in total. The maximum Gasteiger partial charge on any atom is 0.418 e. The second-order valence-electron chi connectivity index (χ2n) is 6.99. The maximum atomic E-state index is 12.9. The predicted molar refractivity (Wildman–Crippen MR) is 118 cm³/mol. The molecular formula is C23H17ClF3N3OS. The lowest BCUT2D eigenvalue weighted by Crippen LogP contribution is -2.19. The van der Waals surface area contributed by atoms with E-state index >= 15 is 0 Å². The summed E-state index contributed by atoms with van der Waals surface area (Å²) in [6.07, 6.45) is -5.59. The Hall–Kier alpha value is -2.81. The van der Waals surface area contributed by atoms with Crippen molar-refractivity contribution in [3.05, 3.63) is 83.5 Å². The molecule has 0 spiro atoms. The highest BCUT2D eigenvalue weighted by molar-refractivity contribution is 7.99. The van der Waals surface area contributed by atoms with Gasteiger partial charge in [-0.2, -0.15) is 13.2 Å². The quantitative estimate of drug-likeness (QED) is 0.355. The normalized spacial score (nSPS) is 12.7. The molecule has 2 aromatic carbocycles. The molecule has 1 unspecified atom stereocenters. The van der Waals surface area contributed by atoms with Crippen LogP contribution in [-0.2, 0) is 7.05 Å². The Balaban J connectivity index is 1.78. The molecule has 164 valence electrons. The summed E-state index contributed by atoms with van der Waals surface area (Å²) >= 11 is 7.45. The fraction of sp³-hybridized carbons (Fsp3) is 0.130. The van der Waals surface area contributed by atoms with E-state index in [1.165, 1.54) is 36.0 Å². The first-order chi connectivity index (χ1) is 15.2. The van der Waals surface area contributed by atoms with Gasteiger partial charge in [0.25, 0.3) is 0 Å². The minimum Gasteiger partial charge on any atom is -0.379 e. The van der Waals surface area contributed by atoms with Gasteiger partial charge in [0.15, 0.2) is 11.9 Å². The van der Waals surface area contributed by atoms with Crippen LogP contribution in [0.25, 0.3) is 22.8 Å². The molecule has 9 heteroatoms. The highest BCUT2D eigenvalue weighted by atomic mass is 35.5. The van der Waals surface area contributed by atoms with E-state index in [1.807, 2.05) is 35.9 Å². The van der Waals surface area contributed by atoms with Crippen molar-refractivity contribution in [1.82, 2.24) is 14.5 Å². The van der Waals surface area contributed by atoms with Crippen molar-refractivity contribution in [2.24, 2.45) is 7.05 Å². The molecule has 0 radical (unpaired) electrons. The monoisotopic (exact) mass is 475 g/mol. The predicted octanol–water partition coefficient (Wildman–Crippen LogP) is 6.55. The summed E-state index contributed by atoms with van der Waals surface area (Å²) in [4.78, 5) is 10.1. The molecule has 0 bridgehead atoms. The van der Waals surface area contributed by atoms with Crippen LogP contribution in [0.4, 0.5) is 13.2 Å². The van der Waals surface area contributed by atoms with Gasteiger partial charge in [-0.1, -0.05) is 53.7 Å². The van der Waals surface area contributed by atoms with Gasteiger partial charge in [0.1, 0.15) is 16.4 Å². The van der Waals surface area contributed by atoms with E-state index in [2.05, 4.69) is 4.98 Å². The molecule has 32 heavy (non-hydrogen) atoms. The highest BCUT2D eigenvalue weighted by Gasteiger charge is 2.39. The minimum absolute atomic E-state index is 0.228. The van der Waals surface area contributed by atoms with Crippen LogP contribution >= 0.6 is 23.4 Å². The lowest BCUT2D eigenvalue weighted by molar-refractivity contribution is -0.206. The van der Waals surface area contributed by atoms with Crippen molar-refractivity contribution in [1.29, 1.82) is 0 Å². The largest absolute Gasteiger partial charge is 0.418 e. The van der Waals surface area contributed by atoms with Crippen LogP contribution in [0.2, 0.25) is 5.02 Å². The topological polar surface area (TPSA) is 50.9 Å². The molecular weight excluding hydrogens is 459 g/mol. The summed E-state index contributed by atoms with van der Waals surface area (Å²) in [6.45, 7) is 0. The SMILES string of the molecule is Cn1c(-c2ccccn2)nc(-c2ccc(C(O)C(F)(F)F)cc2)c1Sc1ccc(Cl)cc1. The third-order valence-corrected chi connectivity index (χ3v) is 6.20. The second kappa shape index (κ2) is 8.97.